The summed E-state index contributed by atoms with van der Waals surface area (Å²) in [5.41, 5.74) is 3.67. The Morgan fingerprint density at radius 1 is 1.00 bits per heavy atom. The summed E-state index contributed by atoms with van der Waals surface area (Å²) in [5, 5.41) is 2.87. The van der Waals surface area contributed by atoms with E-state index in [-0.39, 0.29) is 5.91 Å². The van der Waals surface area contributed by atoms with Crippen molar-refractivity contribution in [2.75, 3.05) is 17.3 Å². The normalized spacial score (nSPS) is 10.3. The fourth-order valence-corrected chi connectivity index (χ4v) is 2.53. The van der Waals surface area contributed by atoms with Crippen LogP contribution < -0.4 is 10.2 Å². The van der Waals surface area contributed by atoms with E-state index in [4.69, 9.17) is 0 Å². The van der Waals surface area contributed by atoms with Crippen LogP contribution in [0.4, 0.5) is 11.5 Å². The van der Waals surface area contributed by atoms with Crippen molar-refractivity contribution in [3.8, 4) is 0 Å². The van der Waals surface area contributed by atoms with Crippen LogP contribution in [0.15, 0.2) is 72.9 Å². The first-order chi connectivity index (χ1) is 12.1. The molecule has 4 nitrogen and oxygen atoms in total. The molecule has 2 aromatic carbocycles. The highest BCUT2D eigenvalue weighted by Crippen LogP contribution is 2.16. The zero-order valence-electron chi connectivity index (χ0n) is 14.4. The van der Waals surface area contributed by atoms with Gasteiger partial charge in [-0.15, -0.1) is 0 Å². The number of benzene rings is 2. The molecule has 0 unspecified atom stereocenters. The summed E-state index contributed by atoms with van der Waals surface area (Å²) in [6, 6.07) is 21.5. The average Bonchev–Trinajstić information content (AvgIpc) is 2.63. The standard InChI is InChI=1S/C21H21N3O/c1-16-8-10-18(11-9-16)21(25)23-19-12-13-20(22-14-19)24(2)15-17-6-4-3-5-7-17/h3-14H,15H2,1-2H3,(H,23,25). The van der Waals surface area contributed by atoms with Crippen molar-refractivity contribution in [3.05, 3.63) is 89.6 Å². The van der Waals surface area contributed by atoms with Gasteiger partial charge in [0, 0.05) is 19.2 Å². The molecular formula is C21H21N3O. The number of amides is 1. The van der Waals surface area contributed by atoms with Crippen LogP contribution in [0.2, 0.25) is 0 Å². The number of pyridine rings is 1. The van der Waals surface area contributed by atoms with Crippen LogP contribution in [0.5, 0.6) is 0 Å². The third-order valence-electron chi connectivity index (χ3n) is 3.97. The highest BCUT2D eigenvalue weighted by atomic mass is 16.1. The Bertz CT molecular complexity index is 827. The van der Waals surface area contributed by atoms with Crippen LogP contribution in [-0.4, -0.2) is 17.9 Å². The fourth-order valence-electron chi connectivity index (χ4n) is 2.53. The zero-order valence-corrected chi connectivity index (χ0v) is 14.4. The third-order valence-corrected chi connectivity index (χ3v) is 3.97. The molecule has 0 bridgehead atoms. The molecule has 0 aliphatic heterocycles. The molecule has 25 heavy (non-hydrogen) atoms. The quantitative estimate of drug-likeness (QED) is 0.759. The third kappa shape index (κ3) is 4.44. The van der Waals surface area contributed by atoms with Gasteiger partial charge in [0.25, 0.3) is 5.91 Å². The van der Waals surface area contributed by atoms with Crippen molar-refractivity contribution >= 4 is 17.4 Å². The van der Waals surface area contributed by atoms with Crippen LogP contribution in [0.25, 0.3) is 0 Å². The number of nitrogens with zero attached hydrogens (tertiary/aromatic N) is 2. The molecule has 0 saturated heterocycles. The molecule has 0 fully saturated rings. The number of aromatic nitrogens is 1. The number of hydrogen-bond acceptors (Lipinski definition) is 3. The molecule has 0 aliphatic carbocycles. The van der Waals surface area contributed by atoms with Crippen molar-refractivity contribution in [2.24, 2.45) is 0 Å². The van der Waals surface area contributed by atoms with E-state index in [0.29, 0.717) is 11.3 Å². The van der Waals surface area contributed by atoms with Crippen molar-refractivity contribution < 1.29 is 4.79 Å². The second-order valence-corrected chi connectivity index (χ2v) is 6.07. The maximum absolute atomic E-state index is 12.2. The lowest BCUT2D eigenvalue weighted by atomic mass is 10.1. The molecule has 3 aromatic rings. The van der Waals surface area contributed by atoms with Crippen molar-refractivity contribution in [1.29, 1.82) is 0 Å². The maximum Gasteiger partial charge on any atom is 0.255 e. The number of anilines is 2. The highest BCUT2D eigenvalue weighted by Gasteiger charge is 2.07. The van der Waals surface area contributed by atoms with Crippen molar-refractivity contribution in [1.82, 2.24) is 4.98 Å². The average molecular weight is 331 g/mol. The van der Waals surface area contributed by atoms with E-state index >= 15 is 0 Å². The molecule has 1 N–H and O–H groups in total. The van der Waals surface area contributed by atoms with E-state index in [2.05, 4.69) is 27.3 Å². The molecule has 0 spiro atoms. The summed E-state index contributed by atoms with van der Waals surface area (Å²) in [4.78, 5) is 18.8. The minimum absolute atomic E-state index is 0.132. The lowest BCUT2D eigenvalue weighted by Gasteiger charge is -2.18. The second kappa shape index (κ2) is 7.62. The number of hydrogen-bond donors (Lipinski definition) is 1. The Morgan fingerprint density at radius 3 is 2.36 bits per heavy atom. The molecule has 1 heterocycles. The van der Waals surface area contributed by atoms with Gasteiger partial charge >= 0.3 is 0 Å². The lowest BCUT2D eigenvalue weighted by Crippen LogP contribution is -2.18. The fraction of sp³-hybridized carbons (Fsp3) is 0.143. The molecule has 126 valence electrons. The van der Waals surface area contributed by atoms with E-state index in [1.165, 1.54) is 5.56 Å². The Labute approximate surface area is 148 Å². The zero-order chi connectivity index (χ0) is 17.6. The van der Waals surface area contributed by atoms with E-state index in [9.17, 15) is 4.79 Å². The molecule has 1 amide bonds. The Kier molecular flexibility index (Phi) is 5.09. The van der Waals surface area contributed by atoms with Gasteiger partial charge < -0.3 is 10.2 Å². The van der Waals surface area contributed by atoms with E-state index in [1.807, 2.05) is 68.6 Å². The molecule has 0 radical (unpaired) electrons. The van der Waals surface area contributed by atoms with Crippen LogP contribution in [0.1, 0.15) is 21.5 Å². The smallest absolute Gasteiger partial charge is 0.255 e. The van der Waals surface area contributed by atoms with Gasteiger partial charge in [-0.25, -0.2) is 4.98 Å². The second-order valence-electron chi connectivity index (χ2n) is 6.07. The molecule has 1 aromatic heterocycles. The number of carbonyl (C=O) groups is 1. The molecule has 0 saturated carbocycles. The number of carbonyl (C=O) groups excluding carboxylic acids is 1. The highest BCUT2D eigenvalue weighted by molar-refractivity contribution is 6.04. The summed E-state index contributed by atoms with van der Waals surface area (Å²) in [6.07, 6.45) is 1.68. The first-order valence-electron chi connectivity index (χ1n) is 8.21. The Morgan fingerprint density at radius 2 is 1.72 bits per heavy atom. The van der Waals surface area contributed by atoms with E-state index in [0.717, 1.165) is 17.9 Å². The van der Waals surface area contributed by atoms with Gasteiger partial charge in [0.15, 0.2) is 0 Å². The van der Waals surface area contributed by atoms with Gasteiger partial charge in [-0.1, -0.05) is 48.0 Å². The first-order valence-corrected chi connectivity index (χ1v) is 8.21. The van der Waals surface area contributed by atoms with Gasteiger partial charge in [0.2, 0.25) is 0 Å². The van der Waals surface area contributed by atoms with Gasteiger partial charge in [0.1, 0.15) is 5.82 Å². The first kappa shape index (κ1) is 16.7. The number of aryl methyl sites for hydroxylation is 1. The molecule has 4 heteroatoms. The number of nitrogens with one attached hydrogen (secondary N) is 1. The summed E-state index contributed by atoms with van der Waals surface area (Å²) >= 11 is 0. The maximum atomic E-state index is 12.2. The minimum atomic E-state index is -0.132. The predicted octanol–water partition coefficient (Wildman–Crippen LogP) is 4.28. The van der Waals surface area contributed by atoms with Gasteiger partial charge in [-0.2, -0.15) is 0 Å². The van der Waals surface area contributed by atoms with Gasteiger partial charge in [0.05, 0.1) is 11.9 Å². The van der Waals surface area contributed by atoms with Crippen LogP contribution in [0, 0.1) is 6.92 Å². The molecule has 0 aliphatic rings. The van der Waals surface area contributed by atoms with E-state index in [1.54, 1.807) is 6.20 Å². The van der Waals surface area contributed by atoms with Crippen molar-refractivity contribution in [2.45, 2.75) is 13.5 Å². The summed E-state index contributed by atoms with van der Waals surface area (Å²) < 4.78 is 0. The van der Waals surface area contributed by atoms with Crippen molar-refractivity contribution in [3.63, 3.8) is 0 Å². The van der Waals surface area contributed by atoms with Crippen LogP contribution >= 0.6 is 0 Å². The minimum Gasteiger partial charge on any atom is -0.355 e. The SMILES string of the molecule is Cc1ccc(C(=O)Nc2ccc(N(C)Cc3ccccc3)nc2)cc1. The number of rotatable bonds is 5. The van der Waals surface area contributed by atoms with E-state index < -0.39 is 0 Å². The largest absolute Gasteiger partial charge is 0.355 e. The topological polar surface area (TPSA) is 45.2 Å². The Hall–Kier alpha value is -3.14. The summed E-state index contributed by atoms with van der Waals surface area (Å²) in [6.45, 7) is 2.78. The van der Waals surface area contributed by atoms with Crippen LogP contribution in [-0.2, 0) is 6.54 Å². The predicted molar refractivity (Wildman–Crippen MR) is 102 cm³/mol. The lowest BCUT2D eigenvalue weighted by molar-refractivity contribution is 0.102. The van der Waals surface area contributed by atoms with Crippen LogP contribution in [0.3, 0.4) is 0 Å². The summed E-state index contributed by atoms with van der Waals surface area (Å²) in [5.74, 6) is 0.726. The van der Waals surface area contributed by atoms with Gasteiger partial charge in [-0.3, -0.25) is 4.79 Å². The molecule has 3 rings (SSSR count). The summed E-state index contributed by atoms with van der Waals surface area (Å²) in [7, 11) is 2.00. The van der Waals surface area contributed by atoms with Gasteiger partial charge in [-0.05, 0) is 36.8 Å². The Balaban J connectivity index is 1.63. The molecular weight excluding hydrogens is 310 g/mol. The monoisotopic (exact) mass is 331 g/mol. The molecule has 0 atom stereocenters.